The Morgan fingerprint density at radius 3 is 2.36 bits per heavy atom. The Morgan fingerprint density at radius 1 is 0.977 bits per heavy atom. The highest BCUT2D eigenvalue weighted by Crippen LogP contribution is 2.32. The summed E-state index contributed by atoms with van der Waals surface area (Å²) in [4.78, 5) is 57.7. The number of alkyl halides is 3. The van der Waals surface area contributed by atoms with Gasteiger partial charge in [0.1, 0.15) is 18.8 Å². The van der Waals surface area contributed by atoms with Crippen LogP contribution in [0.2, 0.25) is 0 Å². The van der Waals surface area contributed by atoms with Gasteiger partial charge in [0.05, 0.1) is 18.0 Å². The number of benzene rings is 2. The third-order valence-corrected chi connectivity index (χ3v) is 7.78. The van der Waals surface area contributed by atoms with Gasteiger partial charge in [-0.25, -0.2) is 9.59 Å². The van der Waals surface area contributed by atoms with Gasteiger partial charge in [0.15, 0.2) is 0 Å². The molecule has 0 bridgehead atoms. The maximum absolute atomic E-state index is 13.8. The van der Waals surface area contributed by atoms with Crippen LogP contribution >= 0.6 is 0 Å². The molecular formula is C31H38F3N5O5. The van der Waals surface area contributed by atoms with Crippen molar-refractivity contribution in [2.24, 2.45) is 5.92 Å². The molecule has 2 aromatic carbocycles. The van der Waals surface area contributed by atoms with Crippen molar-refractivity contribution >= 4 is 23.9 Å². The molecule has 2 fully saturated rings. The van der Waals surface area contributed by atoms with Crippen molar-refractivity contribution in [1.29, 1.82) is 0 Å². The fourth-order valence-electron chi connectivity index (χ4n) is 5.57. The van der Waals surface area contributed by atoms with Crippen LogP contribution in [-0.2, 0) is 33.7 Å². The number of urea groups is 1. The highest BCUT2D eigenvalue weighted by atomic mass is 19.4. The van der Waals surface area contributed by atoms with E-state index in [9.17, 15) is 32.3 Å². The second kappa shape index (κ2) is 14.0. The number of carbonyl (C=O) groups excluding carboxylic acids is 4. The van der Waals surface area contributed by atoms with Crippen LogP contribution in [-0.4, -0.2) is 77.0 Å². The number of nitrogens with one attached hydrogen (secondary N) is 2. The molecule has 44 heavy (non-hydrogen) atoms. The van der Waals surface area contributed by atoms with Gasteiger partial charge >= 0.3 is 18.3 Å². The lowest BCUT2D eigenvalue weighted by Gasteiger charge is -2.53. The van der Waals surface area contributed by atoms with Crippen LogP contribution in [0.25, 0.3) is 0 Å². The first-order valence-electron chi connectivity index (χ1n) is 14.7. The summed E-state index contributed by atoms with van der Waals surface area (Å²) in [5.41, 5.74) is 0.536. The Balaban J connectivity index is 1.61. The zero-order valence-electron chi connectivity index (χ0n) is 25.0. The zero-order valence-corrected chi connectivity index (χ0v) is 25.0. The van der Waals surface area contributed by atoms with Crippen molar-refractivity contribution in [2.45, 2.75) is 65.1 Å². The predicted octanol–water partition coefficient (Wildman–Crippen LogP) is 4.27. The Hall–Kier alpha value is -4.29. The van der Waals surface area contributed by atoms with Gasteiger partial charge in [0, 0.05) is 26.2 Å². The Bertz CT molecular complexity index is 1360. The molecule has 2 N–H and O–H groups in total. The summed E-state index contributed by atoms with van der Waals surface area (Å²) < 4.78 is 45.6. The molecule has 2 heterocycles. The van der Waals surface area contributed by atoms with Crippen molar-refractivity contribution in [2.75, 3.05) is 26.2 Å². The molecule has 3 atom stereocenters. The third-order valence-electron chi connectivity index (χ3n) is 7.78. The second-order valence-electron chi connectivity index (χ2n) is 11.1. The molecular weight excluding hydrogens is 579 g/mol. The van der Waals surface area contributed by atoms with E-state index in [2.05, 4.69) is 10.6 Å². The van der Waals surface area contributed by atoms with Crippen LogP contribution in [0.4, 0.5) is 22.8 Å². The van der Waals surface area contributed by atoms with Crippen molar-refractivity contribution in [3.05, 3.63) is 70.8 Å². The first-order chi connectivity index (χ1) is 20.9. The van der Waals surface area contributed by atoms with Crippen molar-refractivity contribution in [3.63, 3.8) is 0 Å². The minimum atomic E-state index is -4.56. The number of piperazine rings is 1. The maximum Gasteiger partial charge on any atom is 0.416 e. The zero-order chi connectivity index (χ0) is 32.0. The molecule has 4 rings (SSSR count). The van der Waals surface area contributed by atoms with Crippen LogP contribution in [0.5, 0.6) is 0 Å². The first-order valence-corrected chi connectivity index (χ1v) is 14.7. The number of ether oxygens (including phenoxy) is 1. The van der Waals surface area contributed by atoms with Gasteiger partial charge in [-0.1, -0.05) is 55.8 Å². The van der Waals surface area contributed by atoms with E-state index in [1.54, 1.807) is 11.8 Å². The lowest BCUT2D eigenvalue weighted by Crippen LogP contribution is -2.74. The standard InChI is InChI=1S/C31H38F3N5O5/c1-4-11-35-29(42)36-15-25-28(41)37(16-21-9-7-6-8-10-21)18-26-38(17-23(5-2)27(40)39(25)26)30(43)44-19-22-12-20(3)13-24(14-22)31(32,33)34/h6-10,12-14,23,25-26H,4-5,11,15-19H2,1-3H3,(H2,35,36,42)/t23-,25+,26-/m1/s1. The summed E-state index contributed by atoms with van der Waals surface area (Å²) in [6, 6.07) is 11.1. The van der Waals surface area contributed by atoms with E-state index < -0.39 is 48.6 Å². The van der Waals surface area contributed by atoms with Crippen molar-refractivity contribution in [3.8, 4) is 0 Å². The van der Waals surface area contributed by atoms with Crippen molar-refractivity contribution in [1.82, 2.24) is 25.3 Å². The topological polar surface area (TPSA) is 111 Å². The summed E-state index contributed by atoms with van der Waals surface area (Å²) in [6.45, 7) is 5.27. The summed E-state index contributed by atoms with van der Waals surface area (Å²) in [5.74, 6) is -1.33. The number of carbonyl (C=O) groups is 4. The normalized spacial score (nSPS) is 20.3. The van der Waals surface area contributed by atoms with Crippen LogP contribution in [0.3, 0.4) is 0 Å². The molecule has 13 heteroatoms. The molecule has 0 aromatic heterocycles. The van der Waals surface area contributed by atoms with Gasteiger partial charge in [0.25, 0.3) is 0 Å². The summed E-state index contributed by atoms with van der Waals surface area (Å²) in [6.07, 6.45) is -5.20. The van der Waals surface area contributed by atoms with Crippen LogP contribution < -0.4 is 10.6 Å². The second-order valence-corrected chi connectivity index (χ2v) is 11.1. The lowest BCUT2D eigenvalue weighted by molar-refractivity contribution is -0.173. The number of aryl methyl sites for hydroxylation is 1. The predicted molar refractivity (Wildman–Crippen MR) is 155 cm³/mol. The fourth-order valence-corrected chi connectivity index (χ4v) is 5.57. The maximum atomic E-state index is 13.8. The van der Waals surface area contributed by atoms with Crippen LogP contribution in [0.1, 0.15) is 48.9 Å². The van der Waals surface area contributed by atoms with Gasteiger partial charge < -0.3 is 25.2 Å². The molecule has 5 amide bonds. The lowest BCUT2D eigenvalue weighted by atomic mass is 9.95. The molecule has 2 aromatic rings. The Morgan fingerprint density at radius 2 is 1.70 bits per heavy atom. The number of fused-ring (bicyclic) bond motifs is 1. The number of nitrogens with zero attached hydrogens (tertiary/aromatic N) is 3. The highest BCUT2D eigenvalue weighted by molar-refractivity contribution is 5.92. The SMILES string of the molecule is CCCNC(=O)NC[C@H]1C(=O)N(Cc2ccccc2)C[C@@H]2N(C(=O)OCc3cc(C)cc(C(F)(F)F)c3)C[C@@H](CC)C(=O)N21. The summed E-state index contributed by atoms with van der Waals surface area (Å²) in [7, 11) is 0. The smallest absolute Gasteiger partial charge is 0.416 e. The molecule has 0 unspecified atom stereocenters. The quantitative estimate of drug-likeness (QED) is 0.437. The monoisotopic (exact) mass is 617 g/mol. The molecule has 0 aliphatic carbocycles. The molecule has 0 radical (unpaired) electrons. The van der Waals surface area contributed by atoms with E-state index >= 15 is 0 Å². The number of amides is 5. The third kappa shape index (κ3) is 7.61. The van der Waals surface area contributed by atoms with E-state index in [0.29, 0.717) is 24.9 Å². The van der Waals surface area contributed by atoms with E-state index in [1.807, 2.05) is 37.3 Å². The van der Waals surface area contributed by atoms with E-state index in [4.69, 9.17) is 4.74 Å². The van der Waals surface area contributed by atoms with E-state index in [0.717, 1.165) is 17.7 Å². The van der Waals surface area contributed by atoms with Gasteiger partial charge in [0.2, 0.25) is 11.8 Å². The van der Waals surface area contributed by atoms with E-state index in [-0.39, 0.29) is 43.6 Å². The average molecular weight is 618 g/mol. The number of hydrogen-bond donors (Lipinski definition) is 2. The molecule has 2 saturated heterocycles. The molecule has 0 spiro atoms. The average Bonchev–Trinajstić information content (AvgIpc) is 2.99. The number of halogens is 3. The number of rotatable bonds is 9. The molecule has 2 aliphatic rings. The Kier molecular flexibility index (Phi) is 10.4. The van der Waals surface area contributed by atoms with Crippen LogP contribution in [0, 0.1) is 12.8 Å². The van der Waals surface area contributed by atoms with Crippen LogP contribution in [0.15, 0.2) is 48.5 Å². The first kappa shape index (κ1) is 32.6. The van der Waals surface area contributed by atoms with E-state index in [1.165, 1.54) is 22.8 Å². The van der Waals surface area contributed by atoms with Gasteiger partial charge in [-0.2, -0.15) is 13.2 Å². The Labute approximate surface area is 254 Å². The van der Waals surface area contributed by atoms with Crippen molar-refractivity contribution < 1.29 is 37.1 Å². The summed E-state index contributed by atoms with van der Waals surface area (Å²) >= 11 is 0. The summed E-state index contributed by atoms with van der Waals surface area (Å²) in [5, 5.41) is 5.37. The molecule has 238 valence electrons. The highest BCUT2D eigenvalue weighted by Gasteiger charge is 2.51. The minimum absolute atomic E-state index is 0.00774. The fraction of sp³-hybridized carbons (Fsp3) is 0.484. The largest absolute Gasteiger partial charge is 0.444 e. The molecule has 0 saturated carbocycles. The molecule has 10 nitrogen and oxygen atoms in total. The number of hydrogen-bond acceptors (Lipinski definition) is 5. The van der Waals surface area contributed by atoms with Gasteiger partial charge in [-0.15, -0.1) is 0 Å². The van der Waals surface area contributed by atoms with Gasteiger partial charge in [-0.05, 0) is 43.0 Å². The molecule has 2 aliphatic heterocycles. The van der Waals surface area contributed by atoms with Gasteiger partial charge in [-0.3, -0.25) is 14.5 Å². The minimum Gasteiger partial charge on any atom is -0.444 e.